The van der Waals surface area contributed by atoms with Gasteiger partial charge in [0.05, 0.1) is 26.4 Å². The zero-order valence-corrected chi connectivity index (χ0v) is 60.8. The Kier molecular flexibility index (Phi) is 26.1. The maximum absolute atomic E-state index is 14.6. The minimum atomic E-state index is -3.08. The molecule has 0 aromatic heterocycles. The number of hydrogen-bond acceptors (Lipinski definition) is 10. The highest BCUT2D eigenvalue weighted by Gasteiger charge is 2.55. The van der Waals surface area contributed by atoms with E-state index in [0.29, 0.717) is 18.6 Å². The fraction of sp³-hybridized carbons (Fsp3) is 0.459. The molecule has 0 saturated heterocycles. The van der Waals surface area contributed by atoms with E-state index in [1.54, 1.807) is 6.92 Å². The van der Waals surface area contributed by atoms with Gasteiger partial charge in [-0.3, -0.25) is 14.4 Å². The topological polar surface area (TPSA) is 124 Å². The summed E-state index contributed by atoms with van der Waals surface area (Å²) < 4.78 is 40.1. The van der Waals surface area contributed by atoms with Gasteiger partial charge in [0.1, 0.15) is 13.0 Å². The molecule has 476 valence electrons. The van der Waals surface area contributed by atoms with Crippen molar-refractivity contribution in [2.75, 3.05) is 26.9 Å². The molecule has 0 fully saturated rings. The predicted molar refractivity (Wildman–Crippen MR) is 372 cm³/mol. The van der Waals surface area contributed by atoms with E-state index in [2.05, 4.69) is 208 Å². The first kappa shape index (κ1) is 73.1. The van der Waals surface area contributed by atoms with Gasteiger partial charge in [-0.25, -0.2) is 4.79 Å². The van der Waals surface area contributed by atoms with Gasteiger partial charge < -0.3 is 27.5 Å². The Bertz CT molecular complexity index is 3090. The summed E-state index contributed by atoms with van der Waals surface area (Å²) in [6.45, 7) is 38.6. The number of esters is 3. The van der Waals surface area contributed by atoms with Gasteiger partial charge in [-0.05, 0) is 123 Å². The Morgan fingerprint density at radius 2 is 1.17 bits per heavy atom. The van der Waals surface area contributed by atoms with E-state index in [1.807, 2.05) is 81.5 Å². The molecule has 1 unspecified atom stereocenters. The minimum Gasteiger partial charge on any atom is -0.466 e. The zero-order chi connectivity index (χ0) is 65.5. The molecule has 4 aromatic rings. The van der Waals surface area contributed by atoms with Gasteiger partial charge in [0.15, 0.2) is 14.1 Å². The Hall–Kier alpha value is -5.59. The molecule has 0 amide bonds. The number of ether oxygens (including phenoxy) is 3. The van der Waals surface area contributed by atoms with Crippen LogP contribution >= 0.6 is 15.9 Å². The van der Waals surface area contributed by atoms with Crippen molar-refractivity contribution in [3.8, 4) is 0 Å². The number of ketones is 1. The van der Waals surface area contributed by atoms with Gasteiger partial charge >= 0.3 is 17.9 Å². The molecule has 1 aliphatic carbocycles. The van der Waals surface area contributed by atoms with Crippen LogP contribution in [0.1, 0.15) is 130 Å². The van der Waals surface area contributed by atoms with Crippen molar-refractivity contribution in [1.29, 1.82) is 0 Å². The minimum absolute atomic E-state index is 0.0397. The number of halogens is 1. The number of hydrogen-bond donors (Lipinski definition) is 0. The quantitative estimate of drug-likeness (QED) is 0.0108. The molecule has 0 bridgehead atoms. The van der Waals surface area contributed by atoms with Gasteiger partial charge in [-0.1, -0.05) is 256 Å². The largest absolute Gasteiger partial charge is 0.466 e. The lowest BCUT2D eigenvalue weighted by atomic mass is 9.71. The molecular formula is C74H101BrO10Si3. The van der Waals surface area contributed by atoms with Crippen molar-refractivity contribution in [2.45, 2.75) is 170 Å². The van der Waals surface area contributed by atoms with E-state index in [1.165, 1.54) is 14.0 Å². The van der Waals surface area contributed by atoms with Crippen molar-refractivity contribution in [3.63, 3.8) is 0 Å². The summed E-state index contributed by atoms with van der Waals surface area (Å²) in [5.41, 5.74) is 1.38. The Morgan fingerprint density at radius 3 is 1.62 bits per heavy atom. The SMILES string of the molecule is COC(=O)[C@]1(OC(=O)CC(=O)/C(C)=C/[C@@H](C)C[C@H](C)[C@@H](/C=C(Br)/C=C/C(C)=C/COC(C)=O)O[Si](c2ccccc2)(c2ccccc2)C(C)(C)C)CC(C)C(CO[Si](c2ccccc2)(c2ccccc2)C(C)(C)C)=C[C@H]1/C=C(\C)CO[Si](C)(C)C(C)(C)C. The molecule has 5 rings (SSSR count). The molecule has 10 nitrogen and oxygen atoms in total. The van der Waals surface area contributed by atoms with E-state index >= 15 is 0 Å². The van der Waals surface area contributed by atoms with Crippen LogP contribution in [0, 0.1) is 23.7 Å². The van der Waals surface area contributed by atoms with Crippen LogP contribution in [-0.2, 0) is 46.7 Å². The summed E-state index contributed by atoms with van der Waals surface area (Å²) in [7, 11) is -6.96. The van der Waals surface area contributed by atoms with Gasteiger partial charge in [0.2, 0.25) is 5.60 Å². The third kappa shape index (κ3) is 18.5. The monoisotopic (exact) mass is 1310 g/mol. The molecule has 0 radical (unpaired) electrons. The van der Waals surface area contributed by atoms with E-state index in [4.69, 9.17) is 27.5 Å². The standard InChI is InChI=1S/C74H101BrO10Si3/c1-53(42-43-81-59(7)76)40-41-62(75)48-68(85-88(73(14,15)16,65-36-28-22-29-37-65)66-38-30-23-31-39-66)57(5)45-54(2)44-56(4)67(77)49-69(78)84-74(70(79)80-17)50-58(6)60(47-61(74)46-55(3)51-82-86(18,19)71(8,9)10)52-83-87(72(11,12)13,63-32-24-20-25-33-63)64-34-26-21-27-35-64/h20-42,44,46-48,54,57-58,61,68H,43,45,49-52H2,1-19H3/b41-40+,53-42+,55-46+,56-44+,62-48-/t54-,57+,58?,61-,68-,74+/m1/s1. The Morgan fingerprint density at radius 1 is 0.682 bits per heavy atom. The van der Waals surface area contributed by atoms with Crippen molar-refractivity contribution in [1.82, 2.24) is 0 Å². The Balaban J connectivity index is 1.50. The summed E-state index contributed by atoms with van der Waals surface area (Å²) >= 11 is 3.87. The highest BCUT2D eigenvalue weighted by atomic mass is 79.9. The molecule has 88 heavy (non-hydrogen) atoms. The van der Waals surface area contributed by atoms with Crippen molar-refractivity contribution in [2.24, 2.45) is 23.7 Å². The number of carbonyl (C=O) groups excluding carboxylic acids is 4. The molecule has 0 heterocycles. The summed E-state index contributed by atoms with van der Waals surface area (Å²) in [6, 6.07) is 42.1. The molecule has 0 N–H and O–H groups in total. The molecule has 4 aromatic carbocycles. The molecule has 0 spiro atoms. The van der Waals surface area contributed by atoms with Crippen LogP contribution < -0.4 is 20.7 Å². The zero-order valence-electron chi connectivity index (χ0n) is 56.2. The average molecular weight is 1310 g/mol. The van der Waals surface area contributed by atoms with Crippen LogP contribution in [0.2, 0.25) is 28.2 Å². The highest BCUT2D eigenvalue weighted by molar-refractivity contribution is 9.11. The second kappa shape index (κ2) is 31.4. The van der Waals surface area contributed by atoms with Crippen molar-refractivity contribution in [3.05, 3.63) is 191 Å². The second-order valence-corrected chi connectivity index (χ2v) is 42.0. The maximum atomic E-state index is 14.6. The number of carbonyl (C=O) groups is 4. The van der Waals surface area contributed by atoms with Gasteiger partial charge in [0.25, 0.3) is 16.6 Å². The van der Waals surface area contributed by atoms with Gasteiger partial charge in [-0.15, -0.1) is 0 Å². The van der Waals surface area contributed by atoms with E-state index in [0.717, 1.165) is 41.9 Å². The van der Waals surface area contributed by atoms with Crippen LogP contribution in [0.25, 0.3) is 0 Å². The number of rotatable bonds is 27. The summed E-state index contributed by atoms with van der Waals surface area (Å²) in [4.78, 5) is 55.1. The summed E-state index contributed by atoms with van der Waals surface area (Å²) in [5.74, 6) is -3.55. The van der Waals surface area contributed by atoms with Crippen molar-refractivity contribution >= 4 is 85.3 Å². The first-order chi connectivity index (χ1) is 41.1. The fourth-order valence-corrected chi connectivity index (χ4v) is 22.5. The Labute approximate surface area is 539 Å². The fourth-order valence-electron chi connectivity index (χ4n) is 11.8. The van der Waals surface area contributed by atoms with Crippen LogP contribution in [0.3, 0.4) is 0 Å². The number of benzene rings is 4. The summed E-state index contributed by atoms with van der Waals surface area (Å²) in [5, 5.41) is 3.97. The molecule has 1 aliphatic rings. The highest BCUT2D eigenvalue weighted by Crippen LogP contribution is 2.45. The van der Waals surface area contributed by atoms with Crippen LogP contribution in [0.5, 0.6) is 0 Å². The average Bonchev–Trinajstić information content (AvgIpc) is 0.876. The third-order valence-electron chi connectivity index (χ3n) is 17.6. The van der Waals surface area contributed by atoms with Gasteiger partial charge in [0, 0.05) is 23.7 Å². The van der Waals surface area contributed by atoms with Gasteiger partial charge in [-0.2, -0.15) is 0 Å². The number of methoxy groups -OCH3 is 1. The second-order valence-electron chi connectivity index (χ2n) is 27.8. The lowest BCUT2D eigenvalue weighted by Crippen LogP contribution is -2.68. The first-order valence-corrected chi connectivity index (χ1v) is 38.6. The molecular weight excluding hydrogens is 1210 g/mol. The molecule has 0 aliphatic heterocycles. The smallest absolute Gasteiger partial charge is 0.351 e. The molecule has 6 atom stereocenters. The van der Waals surface area contributed by atoms with Crippen LogP contribution in [0.15, 0.2) is 191 Å². The number of allylic oxidation sites excluding steroid dienone is 6. The van der Waals surface area contributed by atoms with Crippen molar-refractivity contribution < 1.29 is 46.7 Å². The third-order valence-corrected chi connectivity index (χ3v) is 32.7. The normalized spacial score (nSPS) is 18.9. The number of Topliss-reactive ketones (excluding diaryl/α,β-unsaturated/α-hetero) is 1. The van der Waals surface area contributed by atoms with E-state index < -0.39 is 66.7 Å². The molecule has 0 saturated carbocycles. The van der Waals surface area contributed by atoms with Crippen LogP contribution in [-0.4, -0.2) is 87.3 Å². The maximum Gasteiger partial charge on any atom is 0.351 e. The predicted octanol–water partition coefficient (Wildman–Crippen LogP) is 15.4. The van der Waals surface area contributed by atoms with E-state index in [-0.39, 0.29) is 58.5 Å². The van der Waals surface area contributed by atoms with E-state index in [9.17, 15) is 19.2 Å². The lowest BCUT2D eigenvalue weighted by molar-refractivity contribution is -0.187. The molecule has 14 heteroatoms. The van der Waals surface area contributed by atoms with Crippen LogP contribution in [0.4, 0.5) is 0 Å². The lowest BCUT2D eigenvalue weighted by Gasteiger charge is -2.46. The first-order valence-electron chi connectivity index (χ1n) is 31.1. The summed E-state index contributed by atoms with van der Waals surface area (Å²) in [6.07, 6.45) is 13.6.